The van der Waals surface area contributed by atoms with Crippen molar-refractivity contribution in [1.82, 2.24) is 24.6 Å². The highest BCUT2D eigenvalue weighted by Crippen LogP contribution is 2.41. The molecule has 0 spiro atoms. The fourth-order valence-electron chi connectivity index (χ4n) is 3.93. The number of rotatable bonds is 6. The minimum Gasteiger partial charge on any atom is -0.384 e. The SMILES string of the molecule is COCC(C)c1c(F)c(Cl)c(-c2cn3cc(NC(=O)C4CC4F)nc3cn2)c2cn[nH]c12. The first-order valence-electron chi connectivity index (χ1n) is 10.0. The van der Waals surface area contributed by atoms with Crippen LogP contribution in [-0.4, -0.2) is 50.4 Å². The average Bonchev–Trinajstić information content (AvgIpc) is 3.12. The molecule has 0 bridgehead atoms. The van der Waals surface area contributed by atoms with Crippen molar-refractivity contribution in [2.45, 2.75) is 25.4 Å². The summed E-state index contributed by atoms with van der Waals surface area (Å²) in [5.41, 5.74) is 2.17. The van der Waals surface area contributed by atoms with Gasteiger partial charge in [0.1, 0.15) is 12.0 Å². The fourth-order valence-corrected chi connectivity index (χ4v) is 4.23. The number of fused-ring (bicyclic) bond motifs is 2. The number of aromatic amines is 1. The van der Waals surface area contributed by atoms with Crippen molar-refractivity contribution in [2.75, 3.05) is 19.0 Å². The molecule has 1 aliphatic carbocycles. The predicted molar refractivity (Wildman–Crippen MR) is 115 cm³/mol. The van der Waals surface area contributed by atoms with Crippen molar-refractivity contribution in [1.29, 1.82) is 0 Å². The number of amides is 1. The molecule has 0 radical (unpaired) electrons. The van der Waals surface area contributed by atoms with Crippen LogP contribution < -0.4 is 5.32 Å². The molecule has 32 heavy (non-hydrogen) atoms. The molecule has 1 aromatic carbocycles. The number of imidazole rings is 1. The number of methoxy groups -OCH3 is 1. The summed E-state index contributed by atoms with van der Waals surface area (Å²) in [6.45, 7) is 2.16. The molecule has 3 unspecified atom stereocenters. The summed E-state index contributed by atoms with van der Waals surface area (Å²) < 4.78 is 35.3. The second kappa shape index (κ2) is 7.79. The Hall–Kier alpha value is -3.11. The van der Waals surface area contributed by atoms with Gasteiger partial charge >= 0.3 is 0 Å². The fraction of sp³-hybridized carbons (Fsp3) is 0.333. The van der Waals surface area contributed by atoms with E-state index in [0.29, 0.717) is 40.0 Å². The smallest absolute Gasteiger partial charge is 0.231 e. The Bertz CT molecular complexity index is 1350. The number of alkyl halides is 1. The average molecular weight is 461 g/mol. The molecule has 166 valence electrons. The van der Waals surface area contributed by atoms with Crippen LogP contribution in [0.25, 0.3) is 27.8 Å². The molecule has 1 amide bonds. The highest BCUT2D eigenvalue weighted by atomic mass is 35.5. The number of carbonyl (C=O) groups excluding carboxylic acids is 1. The van der Waals surface area contributed by atoms with E-state index in [1.807, 2.05) is 6.92 Å². The van der Waals surface area contributed by atoms with Crippen LogP contribution in [0.1, 0.15) is 24.8 Å². The molecule has 4 aromatic rings. The maximum Gasteiger partial charge on any atom is 0.231 e. The minimum atomic E-state index is -1.09. The van der Waals surface area contributed by atoms with Crippen LogP contribution in [0.5, 0.6) is 0 Å². The lowest BCUT2D eigenvalue weighted by molar-refractivity contribution is -0.117. The maximum atomic E-state index is 15.3. The highest BCUT2D eigenvalue weighted by Gasteiger charge is 2.43. The van der Waals surface area contributed by atoms with Crippen molar-refractivity contribution in [3.05, 3.63) is 41.2 Å². The summed E-state index contributed by atoms with van der Waals surface area (Å²) in [6.07, 6.45) is 5.42. The lowest BCUT2D eigenvalue weighted by atomic mass is 9.95. The van der Waals surface area contributed by atoms with E-state index in [1.54, 1.807) is 30.1 Å². The number of nitrogens with one attached hydrogen (secondary N) is 2. The molecule has 11 heteroatoms. The molecule has 1 saturated carbocycles. The van der Waals surface area contributed by atoms with E-state index >= 15 is 4.39 Å². The Labute approximate surface area is 185 Å². The Morgan fingerprint density at radius 2 is 2.22 bits per heavy atom. The van der Waals surface area contributed by atoms with Crippen LogP contribution in [0.4, 0.5) is 14.6 Å². The summed E-state index contributed by atoms with van der Waals surface area (Å²) in [7, 11) is 1.55. The van der Waals surface area contributed by atoms with E-state index < -0.39 is 23.8 Å². The summed E-state index contributed by atoms with van der Waals surface area (Å²) >= 11 is 6.48. The summed E-state index contributed by atoms with van der Waals surface area (Å²) in [5, 5.41) is 10.1. The summed E-state index contributed by atoms with van der Waals surface area (Å²) in [4.78, 5) is 20.7. The molecule has 0 saturated heterocycles. The van der Waals surface area contributed by atoms with Crippen molar-refractivity contribution >= 4 is 39.9 Å². The van der Waals surface area contributed by atoms with Gasteiger partial charge in [-0.2, -0.15) is 5.10 Å². The number of benzene rings is 1. The Kier molecular flexibility index (Phi) is 5.06. The van der Waals surface area contributed by atoms with Gasteiger partial charge in [0.2, 0.25) is 5.91 Å². The molecule has 1 fully saturated rings. The van der Waals surface area contributed by atoms with E-state index in [4.69, 9.17) is 16.3 Å². The van der Waals surface area contributed by atoms with E-state index in [0.717, 1.165) is 0 Å². The number of aromatic nitrogens is 5. The zero-order chi connectivity index (χ0) is 22.6. The molecule has 2 N–H and O–H groups in total. The van der Waals surface area contributed by atoms with Crippen LogP contribution in [0, 0.1) is 11.7 Å². The molecule has 0 aliphatic heterocycles. The molecule has 3 aromatic heterocycles. The zero-order valence-electron chi connectivity index (χ0n) is 17.2. The standard InChI is InChI=1S/C21H19ClF2N6O2/c1-9(8-32-2)16-19(24)18(22)17(11-4-26-29-20(11)16)13-6-30-7-14(27-15(30)5-25-13)28-21(31)10-3-12(10)23/h4-7,9-10,12H,3,8H2,1-2H3,(H,26,29)(H,28,31). The number of nitrogens with zero attached hydrogens (tertiary/aromatic N) is 4. The van der Waals surface area contributed by atoms with Crippen molar-refractivity contribution in [3.63, 3.8) is 0 Å². The molecular weight excluding hydrogens is 442 g/mol. The second-order valence-electron chi connectivity index (χ2n) is 7.94. The van der Waals surface area contributed by atoms with Crippen molar-refractivity contribution in [2.24, 2.45) is 5.92 Å². The van der Waals surface area contributed by atoms with Crippen LogP contribution in [0.2, 0.25) is 5.02 Å². The van der Waals surface area contributed by atoms with Gasteiger partial charge in [0.15, 0.2) is 11.5 Å². The lowest BCUT2D eigenvalue weighted by Crippen LogP contribution is -2.15. The first-order chi connectivity index (χ1) is 15.4. The predicted octanol–water partition coefficient (Wildman–Crippen LogP) is 4.11. The molecule has 8 nitrogen and oxygen atoms in total. The van der Waals surface area contributed by atoms with E-state index in [2.05, 4.69) is 25.5 Å². The number of anilines is 1. The van der Waals surface area contributed by atoms with Gasteiger partial charge in [-0.15, -0.1) is 0 Å². The second-order valence-corrected chi connectivity index (χ2v) is 8.32. The molecule has 1 aliphatic rings. The van der Waals surface area contributed by atoms with Gasteiger partial charge in [0, 0.05) is 35.7 Å². The third-order valence-corrected chi connectivity index (χ3v) is 5.99. The molecule has 3 atom stereocenters. The number of hydrogen-bond acceptors (Lipinski definition) is 5. The number of ether oxygens (including phenoxy) is 1. The quantitative estimate of drug-likeness (QED) is 0.451. The van der Waals surface area contributed by atoms with Gasteiger partial charge in [-0.3, -0.25) is 14.9 Å². The van der Waals surface area contributed by atoms with Crippen molar-refractivity contribution in [3.8, 4) is 11.3 Å². The van der Waals surface area contributed by atoms with Gasteiger partial charge in [-0.25, -0.2) is 13.8 Å². The van der Waals surface area contributed by atoms with Crippen LogP contribution in [0.15, 0.2) is 24.8 Å². The number of halogens is 3. The van der Waals surface area contributed by atoms with E-state index in [9.17, 15) is 9.18 Å². The summed E-state index contributed by atoms with van der Waals surface area (Å²) in [5.74, 6) is -1.56. The van der Waals surface area contributed by atoms with E-state index in [1.165, 1.54) is 6.20 Å². The first-order valence-corrected chi connectivity index (χ1v) is 10.4. The highest BCUT2D eigenvalue weighted by molar-refractivity contribution is 6.35. The molecular formula is C21H19ClF2N6O2. The Morgan fingerprint density at radius 1 is 1.44 bits per heavy atom. The third kappa shape index (κ3) is 3.39. The number of carbonyl (C=O) groups is 1. The Morgan fingerprint density at radius 3 is 2.94 bits per heavy atom. The Balaban J connectivity index is 1.57. The number of hydrogen-bond donors (Lipinski definition) is 2. The minimum absolute atomic E-state index is 0.0694. The van der Waals surface area contributed by atoms with Gasteiger partial charge < -0.3 is 14.5 Å². The normalized spacial score (nSPS) is 18.9. The van der Waals surface area contributed by atoms with Gasteiger partial charge in [-0.05, 0) is 6.42 Å². The van der Waals surface area contributed by atoms with Gasteiger partial charge in [0.05, 0.1) is 47.3 Å². The largest absolute Gasteiger partial charge is 0.384 e. The maximum absolute atomic E-state index is 15.3. The van der Waals surface area contributed by atoms with Gasteiger partial charge in [-0.1, -0.05) is 18.5 Å². The lowest BCUT2D eigenvalue weighted by Gasteiger charge is -2.16. The van der Waals surface area contributed by atoms with Crippen LogP contribution in [0.3, 0.4) is 0 Å². The molecule has 3 heterocycles. The van der Waals surface area contributed by atoms with Gasteiger partial charge in [0.25, 0.3) is 0 Å². The number of H-pyrrole nitrogens is 1. The first kappa shape index (κ1) is 20.8. The topological polar surface area (TPSA) is 97.2 Å². The van der Waals surface area contributed by atoms with Crippen LogP contribution in [-0.2, 0) is 9.53 Å². The molecule has 5 rings (SSSR count). The van der Waals surface area contributed by atoms with Crippen molar-refractivity contribution < 1.29 is 18.3 Å². The third-order valence-electron chi connectivity index (χ3n) is 5.63. The summed E-state index contributed by atoms with van der Waals surface area (Å²) in [6, 6.07) is 0. The van der Waals surface area contributed by atoms with Crippen LogP contribution >= 0.6 is 11.6 Å². The monoisotopic (exact) mass is 460 g/mol. The zero-order valence-corrected chi connectivity index (χ0v) is 18.0. The van der Waals surface area contributed by atoms with E-state index in [-0.39, 0.29) is 23.2 Å².